The maximum Gasteiger partial charge on any atom is 0.159 e. The minimum Gasteiger partial charge on any atom is -0.326 e. The molecule has 5 heteroatoms. The number of nitrogens with zero attached hydrogens (tertiary/aromatic N) is 2. The molecule has 2 rings (SSSR count). The zero-order valence-electron chi connectivity index (χ0n) is 11.4. The van der Waals surface area contributed by atoms with Crippen molar-refractivity contribution in [2.24, 2.45) is 5.73 Å². The number of benzene rings is 1. The van der Waals surface area contributed by atoms with Gasteiger partial charge in [0.05, 0.1) is 0 Å². The number of rotatable bonds is 3. The van der Waals surface area contributed by atoms with E-state index in [1.54, 1.807) is 6.07 Å². The molecule has 1 aromatic rings. The molecule has 1 aliphatic heterocycles. The second kappa shape index (κ2) is 5.94. The molecule has 2 atom stereocenters. The Kier molecular flexibility index (Phi) is 4.50. The Labute approximate surface area is 113 Å². The van der Waals surface area contributed by atoms with Crippen molar-refractivity contribution in [2.45, 2.75) is 18.5 Å². The van der Waals surface area contributed by atoms with Crippen LogP contribution in [0, 0.1) is 11.6 Å². The van der Waals surface area contributed by atoms with E-state index in [9.17, 15) is 8.78 Å². The molecule has 0 spiro atoms. The van der Waals surface area contributed by atoms with Crippen molar-refractivity contribution < 1.29 is 8.78 Å². The van der Waals surface area contributed by atoms with E-state index in [1.165, 1.54) is 6.07 Å². The van der Waals surface area contributed by atoms with Gasteiger partial charge in [-0.25, -0.2) is 8.78 Å². The van der Waals surface area contributed by atoms with E-state index in [0.29, 0.717) is 6.42 Å². The van der Waals surface area contributed by atoms with E-state index in [2.05, 4.69) is 23.9 Å². The molecule has 0 bridgehead atoms. The van der Waals surface area contributed by atoms with Crippen LogP contribution in [0.4, 0.5) is 8.78 Å². The maximum absolute atomic E-state index is 13.2. The Balaban J connectivity index is 2.03. The lowest BCUT2D eigenvalue weighted by atomic mass is 9.97. The number of piperazine rings is 1. The Morgan fingerprint density at radius 2 is 2.00 bits per heavy atom. The summed E-state index contributed by atoms with van der Waals surface area (Å²) < 4.78 is 26.1. The Hall–Kier alpha value is -1.04. The number of halogens is 2. The lowest BCUT2D eigenvalue weighted by Crippen LogP contribution is -2.58. The van der Waals surface area contributed by atoms with Crippen LogP contribution >= 0.6 is 0 Å². The van der Waals surface area contributed by atoms with Crippen molar-refractivity contribution in [1.82, 2.24) is 9.80 Å². The number of hydrogen-bond donors (Lipinski definition) is 1. The van der Waals surface area contributed by atoms with Gasteiger partial charge in [0.15, 0.2) is 11.6 Å². The second-order valence-electron chi connectivity index (χ2n) is 5.43. The number of nitrogens with two attached hydrogens (primary N) is 1. The van der Waals surface area contributed by atoms with E-state index >= 15 is 0 Å². The first-order chi connectivity index (χ1) is 8.97. The predicted molar refractivity (Wildman–Crippen MR) is 72.0 cm³/mol. The zero-order chi connectivity index (χ0) is 14.0. The van der Waals surface area contributed by atoms with Gasteiger partial charge >= 0.3 is 0 Å². The molecular weight excluding hydrogens is 248 g/mol. The fourth-order valence-corrected chi connectivity index (χ4v) is 2.58. The third kappa shape index (κ3) is 3.49. The molecule has 3 nitrogen and oxygen atoms in total. The van der Waals surface area contributed by atoms with E-state index < -0.39 is 11.6 Å². The van der Waals surface area contributed by atoms with Gasteiger partial charge in [-0.05, 0) is 38.2 Å². The second-order valence-corrected chi connectivity index (χ2v) is 5.43. The van der Waals surface area contributed by atoms with Gasteiger partial charge in [-0.3, -0.25) is 4.90 Å². The van der Waals surface area contributed by atoms with Gasteiger partial charge in [-0.2, -0.15) is 0 Å². The molecule has 1 fully saturated rings. The molecule has 1 saturated heterocycles. The summed E-state index contributed by atoms with van der Waals surface area (Å²) in [6.45, 7) is 2.92. The molecule has 0 aliphatic carbocycles. The van der Waals surface area contributed by atoms with Crippen molar-refractivity contribution in [2.75, 3.05) is 33.7 Å². The van der Waals surface area contributed by atoms with Crippen LogP contribution in [0.25, 0.3) is 0 Å². The summed E-state index contributed by atoms with van der Waals surface area (Å²) in [7, 11) is 4.13. The largest absolute Gasteiger partial charge is 0.326 e. The highest BCUT2D eigenvalue weighted by molar-refractivity contribution is 5.19. The maximum atomic E-state index is 13.2. The summed E-state index contributed by atoms with van der Waals surface area (Å²) >= 11 is 0. The lowest BCUT2D eigenvalue weighted by molar-refractivity contribution is 0.0973. The standard InChI is InChI=1S/C14H21F2N3/c1-18-5-6-19(2)14(9-18)13(17)8-10-3-4-11(15)12(16)7-10/h3-4,7,13-14H,5-6,8-9,17H2,1-2H3. The third-order valence-corrected chi connectivity index (χ3v) is 3.85. The summed E-state index contributed by atoms with van der Waals surface area (Å²) in [5.74, 6) is -1.62. The van der Waals surface area contributed by atoms with Crippen LogP contribution in [0.2, 0.25) is 0 Å². The lowest BCUT2D eigenvalue weighted by Gasteiger charge is -2.40. The molecule has 1 aliphatic rings. The SMILES string of the molecule is CN1CCN(C)C(C(N)Cc2ccc(F)c(F)c2)C1. The highest BCUT2D eigenvalue weighted by atomic mass is 19.2. The molecule has 2 unspecified atom stereocenters. The average molecular weight is 269 g/mol. The third-order valence-electron chi connectivity index (χ3n) is 3.85. The van der Waals surface area contributed by atoms with Crippen molar-refractivity contribution >= 4 is 0 Å². The quantitative estimate of drug-likeness (QED) is 0.891. The van der Waals surface area contributed by atoms with Crippen molar-refractivity contribution in [3.63, 3.8) is 0 Å². The normalized spacial score (nSPS) is 23.5. The van der Waals surface area contributed by atoms with Crippen LogP contribution in [0.5, 0.6) is 0 Å². The van der Waals surface area contributed by atoms with Gasteiger partial charge < -0.3 is 10.6 Å². The van der Waals surface area contributed by atoms with Gasteiger partial charge in [-0.15, -0.1) is 0 Å². The molecule has 106 valence electrons. The van der Waals surface area contributed by atoms with Crippen LogP contribution in [-0.2, 0) is 6.42 Å². The van der Waals surface area contributed by atoms with E-state index in [4.69, 9.17) is 5.73 Å². The van der Waals surface area contributed by atoms with Crippen molar-refractivity contribution in [3.8, 4) is 0 Å². The molecule has 1 heterocycles. The Morgan fingerprint density at radius 1 is 1.26 bits per heavy atom. The van der Waals surface area contributed by atoms with Crippen LogP contribution in [0.15, 0.2) is 18.2 Å². The molecule has 0 radical (unpaired) electrons. The average Bonchev–Trinajstić information content (AvgIpc) is 2.36. The minimum absolute atomic E-state index is 0.0855. The number of hydrogen-bond acceptors (Lipinski definition) is 3. The molecule has 0 amide bonds. The van der Waals surface area contributed by atoms with Gasteiger partial charge in [0.25, 0.3) is 0 Å². The highest BCUT2D eigenvalue weighted by Gasteiger charge is 2.27. The summed E-state index contributed by atoms with van der Waals surface area (Å²) in [6.07, 6.45) is 0.556. The summed E-state index contributed by atoms with van der Waals surface area (Å²) in [5.41, 5.74) is 6.98. The minimum atomic E-state index is -0.813. The zero-order valence-corrected chi connectivity index (χ0v) is 11.4. The monoisotopic (exact) mass is 269 g/mol. The molecule has 2 N–H and O–H groups in total. The smallest absolute Gasteiger partial charge is 0.159 e. The topological polar surface area (TPSA) is 32.5 Å². The van der Waals surface area contributed by atoms with Gasteiger partial charge in [0.1, 0.15) is 0 Å². The Bertz CT molecular complexity index is 439. The Morgan fingerprint density at radius 3 is 2.68 bits per heavy atom. The van der Waals surface area contributed by atoms with Crippen molar-refractivity contribution in [3.05, 3.63) is 35.4 Å². The highest BCUT2D eigenvalue weighted by Crippen LogP contribution is 2.15. The van der Waals surface area contributed by atoms with Crippen LogP contribution in [-0.4, -0.2) is 55.6 Å². The first-order valence-electron chi connectivity index (χ1n) is 6.55. The first kappa shape index (κ1) is 14.4. The van der Waals surface area contributed by atoms with Crippen molar-refractivity contribution in [1.29, 1.82) is 0 Å². The van der Waals surface area contributed by atoms with E-state index in [0.717, 1.165) is 31.3 Å². The van der Waals surface area contributed by atoms with E-state index in [1.807, 2.05) is 0 Å². The fraction of sp³-hybridized carbons (Fsp3) is 0.571. The first-order valence-corrected chi connectivity index (χ1v) is 6.55. The fourth-order valence-electron chi connectivity index (χ4n) is 2.58. The molecule has 0 saturated carbocycles. The van der Waals surface area contributed by atoms with Crippen LogP contribution in [0.1, 0.15) is 5.56 Å². The summed E-state index contributed by atoms with van der Waals surface area (Å²) in [5, 5.41) is 0. The van der Waals surface area contributed by atoms with Crippen LogP contribution in [0.3, 0.4) is 0 Å². The summed E-state index contributed by atoms with van der Waals surface area (Å²) in [6, 6.07) is 4.16. The molecule has 0 aromatic heterocycles. The van der Waals surface area contributed by atoms with Crippen LogP contribution < -0.4 is 5.73 Å². The number of likely N-dealkylation sites (N-methyl/N-ethyl adjacent to an activating group) is 2. The molecule has 1 aromatic carbocycles. The predicted octanol–water partition coefficient (Wildman–Crippen LogP) is 1.08. The van der Waals surface area contributed by atoms with E-state index in [-0.39, 0.29) is 12.1 Å². The summed E-state index contributed by atoms with van der Waals surface area (Å²) in [4.78, 5) is 4.49. The molecular formula is C14H21F2N3. The van der Waals surface area contributed by atoms with Gasteiger partial charge in [0, 0.05) is 31.7 Å². The molecule has 19 heavy (non-hydrogen) atoms. The van der Waals surface area contributed by atoms with Gasteiger partial charge in [0.2, 0.25) is 0 Å². The van der Waals surface area contributed by atoms with Gasteiger partial charge in [-0.1, -0.05) is 6.07 Å².